The lowest BCUT2D eigenvalue weighted by atomic mass is 9.89. The van der Waals surface area contributed by atoms with E-state index in [1.807, 2.05) is 25.1 Å². The molecule has 0 N–H and O–H groups in total. The minimum Gasteiger partial charge on any atom is -0.489 e. The summed E-state index contributed by atoms with van der Waals surface area (Å²) in [5.74, 6) is 1.37. The zero-order valence-electron chi connectivity index (χ0n) is 15.6. The first kappa shape index (κ1) is 17.4. The smallest absolute Gasteiger partial charge is 0.137 e. The van der Waals surface area contributed by atoms with Crippen molar-refractivity contribution in [3.63, 3.8) is 0 Å². The summed E-state index contributed by atoms with van der Waals surface area (Å²) in [5.41, 5.74) is 2.02. The van der Waals surface area contributed by atoms with Crippen LogP contribution in [0.3, 0.4) is 0 Å². The van der Waals surface area contributed by atoms with Crippen LogP contribution >= 0.6 is 0 Å². The minimum atomic E-state index is -0.219. The molecule has 5 heteroatoms. The Balaban J connectivity index is 1.33. The van der Waals surface area contributed by atoms with Crippen LogP contribution in [0.4, 0.5) is 0 Å². The number of nitrogens with zero attached hydrogens (tertiary/aromatic N) is 3. The molecule has 0 saturated carbocycles. The molecule has 3 atom stereocenters. The fourth-order valence-electron chi connectivity index (χ4n) is 4.23. The van der Waals surface area contributed by atoms with E-state index >= 15 is 0 Å². The highest BCUT2D eigenvalue weighted by Gasteiger charge is 2.46. The number of hydrogen-bond donors (Lipinski definition) is 0. The van der Waals surface area contributed by atoms with Crippen LogP contribution in [0, 0.1) is 12.8 Å². The van der Waals surface area contributed by atoms with Crippen LogP contribution in [0.25, 0.3) is 0 Å². The van der Waals surface area contributed by atoms with Gasteiger partial charge in [0.25, 0.3) is 0 Å². The summed E-state index contributed by atoms with van der Waals surface area (Å²) in [4.78, 5) is 11.3. The van der Waals surface area contributed by atoms with Crippen molar-refractivity contribution in [2.75, 3.05) is 19.7 Å². The molecule has 138 valence electrons. The Hall–Kier alpha value is -1.98. The van der Waals surface area contributed by atoms with E-state index in [1.165, 1.54) is 0 Å². The van der Waals surface area contributed by atoms with Crippen LogP contribution in [0.5, 0.6) is 5.75 Å². The van der Waals surface area contributed by atoms with Gasteiger partial charge in [0.05, 0.1) is 18.0 Å². The standard InChI is InChI=1S/C21H27N3O2/c1-16-5-3-6-18(23-16)14-24-10-8-20-17(13-24)11-21(2,26-20)15-25-19-7-4-9-22-12-19/h3-7,9,12,17,20H,8,10-11,13-15H2,1-2H3/t17-,20+,21-/m1/s1. The third kappa shape index (κ3) is 4.05. The average Bonchev–Trinajstić information content (AvgIpc) is 2.97. The predicted octanol–water partition coefficient (Wildman–Crippen LogP) is 3.23. The maximum atomic E-state index is 6.40. The van der Waals surface area contributed by atoms with Crippen molar-refractivity contribution in [1.82, 2.24) is 14.9 Å². The fraction of sp³-hybridized carbons (Fsp3) is 0.524. The Morgan fingerprint density at radius 3 is 3.04 bits per heavy atom. The van der Waals surface area contributed by atoms with Gasteiger partial charge in [0.15, 0.2) is 0 Å². The molecule has 5 nitrogen and oxygen atoms in total. The highest BCUT2D eigenvalue weighted by Crippen LogP contribution is 2.39. The molecule has 0 amide bonds. The van der Waals surface area contributed by atoms with Gasteiger partial charge in [-0.1, -0.05) is 6.07 Å². The molecule has 4 rings (SSSR count). The van der Waals surface area contributed by atoms with E-state index in [4.69, 9.17) is 9.47 Å². The van der Waals surface area contributed by atoms with Crippen LogP contribution in [-0.2, 0) is 11.3 Å². The van der Waals surface area contributed by atoms with Gasteiger partial charge in [-0.25, -0.2) is 0 Å². The number of fused-ring (bicyclic) bond motifs is 1. The van der Waals surface area contributed by atoms with Gasteiger partial charge in [-0.2, -0.15) is 0 Å². The Bertz CT molecular complexity index is 739. The lowest BCUT2D eigenvalue weighted by Crippen LogP contribution is -2.40. The lowest BCUT2D eigenvalue weighted by Gasteiger charge is -2.33. The van der Waals surface area contributed by atoms with Crippen molar-refractivity contribution in [3.8, 4) is 5.75 Å². The molecule has 2 aliphatic heterocycles. The van der Waals surface area contributed by atoms with Crippen molar-refractivity contribution in [1.29, 1.82) is 0 Å². The summed E-state index contributed by atoms with van der Waals surface area (Å²) in [7, 11) is 0. The molecule has 0 aliphatic carbocycles. The van der Waals surface area contributed by atoms with E-state index < -0.39 is 0 Å². The third-order valence-electron chi connectivity index (χ3n) is 5.39. The van der Waals surface area contributed by atoms with Gasteiger partial charge in [-0.3, -0.25) is 14.9 Å². The zero-order valence-corrected chi connectivity index (χ0v) is 15.6. The number of pyridine rings is 2. The second-order valence-electron chi connectivity index (χ2n) is 7.84. The van der Waals surface area contributed by atoms with Gasteiger partial charge < -0.3 is 9.47 Å². The number of aromatic nitrogens is 2. The quantitative estimate of drug-likeness (QED) is 0.826. The van der Waals surface area contributed by atoms with Crippen LogP contribution in [0.1, 0.15) is 31.2 Å². The summed E-state index contributed by atoms with van der Waals surface area (Å²) in [6.07, 6.45) is 5.97. The topological polar surface area (TPSA) is 47.5 Å². The molecule has 0 radical (unpaired) electrons. The molecule has 0 aromatic carbocycles. The fourth-order valence-corrected chi connectivity index (χ4v) is 4.23. The van der Waals surface area contributed by atoms with Gasteiger partial charge >= 0.3 is 0 Å². The van der Waals surface area contributed by atoms with Gasteiger partial charge in [0.2, 0.25) is 0 Å². The molecule has 26 heavy (non-hydrogen) atoms. The molecule has 0 spiro atoms. The first-order valence-electron chi connectivity index (χ1n) is 9.45. The summed E-state index contributed by atoms with van der Waals surface area (Å²) < 4.78 is 12.3. The van der Waals surface area contributed by atoms with Crippen molar-refractivity contribution in [2.45, 2.75) is 44.9 Å². The summed E-state index contributed by atoms with van der Waals surface area (Å²) in [5, 5.41) is 0. The Morgan fingerprint density at radius 2 is 2.23 bits per heavy atom. The number of likely N-dealkylation sites (tertiary alicyclic amines) is 1. The number of piperidine rings is 1. The van der Waals surface area contributed by atoms with Crippen LogP contribution in [0.15, 0.2) is 42.7 Å². The number of ether oxygens (including phenoxy) is 2. The maximum absolute atomic E-state index is 6.40. The predicted molar refractivity (Wildman–Crippen MR) is 100.0 cm³/mol. The molecule has 4 heterocycles. The molecule has 2 aliphatic rings. The summed E-state index contributed by atoms with van der Waals surface area (Å²) in [6, 6.07) is 10.1. The number of aryl methyl sites for hydroxylation is 1. The Morgan fingerprint density at radius 1 is 1.31 bits per heavy atom. The van der Waals surface area contributed by atoms with Crippen molar-refractivity contribution in [2.24, 2.45) is 5.92 Å². The summed E-state index contributed by atoms with van der Waals surface area (Å²) in [6.45, 7) is 7.86. The largest absolute Gasteiger partial charge is 0.489 e. The van der Waals surface area contributed by atoms with Crippen LogP contribution in [0.2, 0.25) is 0 Å². The molecule has 0 bridgehead atoms. The first-order valence-corrected chi connectivity index (χ1v) is 9.45. The molecule has 2 fully saturated rings. The molecular formula is C21H27N3O2. The number of rotatable bonds is 5. The van der Waals surface area contributed by atoms with Crippen molar-refractivity contribution < 1.29 is 9.47 Å². The molecule has 2 aromatic heterocycles. The maximum Gasteiger partial charge on any atom is 0.137 e. The van der Waals surface area contributed by atoms with Gasteiger partial charge in [-0.15, -0.1) is 0 Å². The Labute approximate surface area is 155 Å². The number of hydrogen-bond acceptors (Lipinski definition) is 5. The second kappa shape index (κ2) is 7.33. The van der Waals surface area contributed by atoms with E-state index in [0.717, 1.165) is 49.6 Å². The third-order valence-corrected chi connectivity index (χ3v) is 5.39. The van der Waals surface area contributed by atoms with E-state index in [2.05, 4.69) is 33.9 Å². The van der Waals surface area contributed by atoms with Crippen molar-refractivity contribution in [3.05, 3.63) is 54.1 Å². The monoisotopic (exact) mass is 353 g/mol. The average molecular weight is 353 g/mol. The SMILES string of the molecule is Cc1cccc(CN2CC[C@@H]3O[C@@](C)(COc4cccnc4)C[C@@H]3C2)n1. The highest BCUT2D eigenvalue weighted by molar-refractivity contribution is 5.16. The normalized spacial score (nSPS) is 28.7. The molecule has 0 unspecified atom stereocenters. The van der Waals surface area contributed by atoms with Crippen LogP contribution in [-0.4, -0.2) is 46.3 Å². The minimum absolute atomic E-state index is 0.219. The molecule has 2 aromatic rings. The van der Waals surface area contributed by atoms with E-state index in [1.54, 1.807) is 12.4 Å². The lowest BCUT2D eigenvalue weighted by molar-refractivity contribution is -0.0698. The van der Waals surface area contributed by atoms with Crippen molar-refractivity contribution >= 4 is 0 Å². The molecular weight excluding hydrogens is 326 g/mol. The van der Waals surface area contributed by atoms with Gasteiger partial charge in [0.1, 0.15) is 18.0 Å². The zero-order chi connectivity index (χ0) is 18.0. The first-order chi connectivity index (χ1) is 12.6. The highest BCUT2D eigenvalue weighted by atomic mass is 16.6. The summed E-state index contributed by atoms with van der Waals surface area (Å²) >= 11 is 0. The van der Waals surface area contributed by atoms with Gasteiger partial charge in [-0.05, 0) is 51.0 Å². The van der Waals surface area contributed by atoms with Crippen LogP contribution < -0.4 is 4.74 Å². The Kier molecular flexibility index (Phi) is 4.92. The van der Waals surface area contributed by atoms with E-state index in [0.29, 0.717) is 18.6 Å². The molecule has 2 saturated heterocycles. The second-order valence-corrected chi connectivity index (χ2v) is 7.84. The van der Waals surface area contributed by atoms with E-state index in [-0.39, 0.29) is 5.60 Å². The van der Waals surface area contributed by atoms with E-state index in [9.17, 15) is 0 Å². The van der Waals surface area contributed by atoms with Gasteiger partial charge in [0, 0.05) is 37.4 Å².